The van der Waals surface area contributed by atoms with E-state index in [-0.39, 0.29) is 0 Å². The molecule has 0 radical (unpaired) electrons. The molecule has 0 spiro atoms. The summed E-state index contributed by atoms with van der Waals surface area (Å²) in [6, 6.07) is 16.4. The summed E-state index contributed by atoms with van der Waals surface area (Å²) in [5, 5.41) is 3.27. The highest BCUT2D eigenvalue weighted by molar-refractivity contribution is 5.56. The molecule has 4 heteroatoms. The van der Waals surface area contributed by atoms with Gasteiger partial charge >= 0.3 is 0 Å². The van der Waals surface area contributed by atoms with E-state index in [9.17, 15) is 0 Å². The van der Waals surface area contributed by atoms with Crippen molar-refractivity contribution >= 4 is 11.6 Å². The van der Waals surface area contributed by atoms with Gasteiger partial charge in [0.25, 0.3) is 0 Å². The van der Waals surface area contributed by atoms with Gasteiger partial charge in [0.15, 0.2) is 0 Å². The van der Waals surface area contributed by atoms with Crippen LogP contribution >= 0.6 is 0 Å². The van der Waals surface area contributed by atoms with Crippen LogP contribution in [0.25, 0.3) is 0 Å². The molecule has 0 amide bonds. The first-order valence-electron chi connectivity index (χ1n) is 8.37. The van der Waals surface area contributed by atoms with Crippen LogP contribution in [0.4, 0.5) is 11.6 Å². The summed E-state index contributed by atoms with van der Waals surface area (Å²) in [5.74, 6) is 1.12. The number of nitrogens with zero attached hydrogens (tertiary/aromatic N) is 2. The highest BCUT2D eigenvalue weighted by Gasteiger charge is 2.05. The van der Waals surface area contributed by atoms with Gasteiger partial charge in [-0.3, -0.25) is 0 Å². The number of hydrogen-bond donors (Lipinski definition) is 1. The minimum Gasteiger partial charge on any atom is -0.473 e. The lowest BCUT2D eigenvalue weighted by atomic mass is 10.1. The van der Waals surface area contributed by atoms with Crippen molar-refractivity contribution in [1.82, 2.24) is 9.97 Å². The molecule has 0 aliphatic carbocycles. The molecule has 4 nitrogen and oxygen atoms in total. The Bertz CT molecular complexity index is 870. The zero-order valence-corrected chi connectivity index (χ0v) is 15.1. The second-order valence-electron chi connectivity index (χ2n) is 6.45. The topological polar surface area (TPSA) is 47.0 Å². The minimum atomic E-state index is 0.487. The highest BCUT2D eigenvalue weighted by Crippen LogP contribution is 2.20. The van der Waals surface area contributed by atoms with Gasteiger partial charge in [0.1, 0.15) is 6.61 Å². The molecule has 0 bridgehead atoms. The minimum absolute atomic E-state index is 0.487. The molecule has 3 rings (SSSR count). The van der Waals surface area contributed by atoms with E-state index >= 15 is 0 Å². The summed E-state index contributed by atoms with van der Waals surface area (Å²) in [7, 11) is 0. The van der Waals surface area contributed by atoms with E-state index in [0.717, 1.165) is 16.9 Å². The fourth-order valence-electron chi connectivity index (χ4n) is 2.80. The number of ether oxygens (including phenoxy) is 1. The van der Waals surface area contributed by atoms with E-state index in [1.54, 1.807) is 0 Å². The zero-order valence-electron chi connectivity index (χ0n) is 15.1. The van der Waals surface area contributed by atoms with Crippen molar-refractivity contribution < 1.29 is 4.74 Å². The lowest BCUT2D eigenvalue weighted by molar-refractivity contribution is 0.293. The van der Waals surface area contributed by atoms with Crippen molar-refractivity contribution in [1.29, 1.82) is 0 Å². The van der Waals surface area contributed by atoms with Crippen LogP contribution in [0.15, 0.2) is 48.5 Å². The smallest absolute Gasteiger partial charge is 0.230 e. The van der Waals surface area contributed by atoms with Crippen molar-refractivity contribution in [2.75, 3.05) is 5.32 Å². The third kappa shape index (κ3) is 4.80. The number of aromatic nitrogens is 2. The van der Waals surface area contributed by atoms with Gasteiger partial charge in [-0.25, -0.2) is 4.98 Å². The van der Waals surface area contributed by atoms with E-state index in [1.165, 1.54) is 16.7 Å². The first-order valence-corrected chi connectivity index (χ1v) is 8.37. The number of anilines is 2. The monoisotopic (exact) mass is 333 g/mol. The molecule has 1 aromatic heterocycles. The van der Waals surface area contributed by atoms with Gasteiger partial charge < -0.3 is 10.1 Å². The van der Waals surface area contributed by atoms with Gasteiger partial charge in [-0.05, 0) is 56.5 Å². The van der Waals surface area contributed by atoms with E-state index in [1.807, 2.05) is 19.1 Å². The lowest BCUT2D eigenvalue weighted by Gasteiger charge is -2.11. The fourth-order valence-corrected chi connectivity index (χ4v) is 2.80. The highest BCUT2D eigenvalue weighted by atomic mass is 16.5. The Balaban J connectivity index is 1.75. The van der Waals surface area contributed by atoms with E-state index in [4.69, 9.17) is 4.74 Å². The van der Waals surface area contributed by atoms with Crippen LogP contribution in [-0.4, -0.2) is 9.97 Å². The Labute approximate surface area is 148 Å². The molecule has 2 aromatic carbocycles. The first kappa shape index (κ1) is 17.0. The Morgan fingerprint density at radius 3 is 2.32 bits per heavy atom. The average Bonchev–Trinajstić information content (AvgIpc) is 2.51. The Morgan fingerprint density at radius 1 is 0.840 bits per heavy atom. The zero-order chi connectivity index (χ0) is 17.8. The summed E-state index contributed by atoms with van der Waals surface area (Å²) in [4.78, 5) is 8.94. The predicted octanol–water partition coefficient (Wildman–Crippen LogP) is 5.03. The van der Waals surface area contributed by atoms with Crippen LogP contribution in [0, 0.1) is 27.7 Å². The number of aryl methyl sites for hydroxylation is 4. The molecule has 0 aliphatic heterocycles. The van der Waals surface area contributed by atoms with Gasteiger partial charge in [0.05, 0.1) is 0 Å². The second-order valence-corrected chi connectivity index (χ2v) is 6.45. The largest absolute Gasteiger partial charge is 0.473 e. The molecule has 0 fully saturated rings. The lowest BCUT2D eigenvalue weighted by Crippen LogP contribution is -2.03. The number of hydrogen-bond acceptors (Lipinski definition) is 4. The molecular weight excluding hydrogens is 310 g/mol. The Kier molecular flexibility index (Phi) is 4.98. The van der Waals surface area contributed by atoms with Crippen LogP contribution in [0.1, 0.15) is 27.9 Å². The van der Waals surface area contributed by atoms with Crippen LogP contribution in [-0.2, 0) is 6.61 Å². The van der Waals surface area contributed by atoms with Gasteiger partial charge in [0, 0.05) is 17.4 Å². The average molecular weight is 333 g/mol. The summed E-state index contributed by atoms with van der Waals surface area (Å²) in [5.41, 5.74) is 6.59. The van der Waals surface area contributed by atoms with E-state index < -0.39 is 0 Å². The molecule has 1 N–H and O–H groups in total. The molecule has 0 aliphatic rings. The maximum absolute atomic E-state index is 5.86. The fraction of sp³-hybridized carbons (Fsp3) is 0.238. The van der Waals surface area contributed by atoms with Crippen molar-refractivity contribution in [2.24, 2.45) is 0 Å². The molecule has 3 aromatic rings. The van der Waals surface area contributed by atoms with Crippen molar-refractivity contribution in [2.45, 2.75) is 34.3 Å². The third-order valence-electron chi connectivity index (χ3n) is 3.78. The summed E-state index contributed by atoms with van der Waals surface area (Å²) in [6.45, 7) is 8.65. The Morgan fingerprint density at radius 2 is 1.60 bits per heavy atom. The molecule has 128 valence electrons. The van der Waals surface area contributed by atoms with Crippen LogP contribution in [0.2, 0.25) is 0 Å². The number of rotatable bonds is 5. The standard InChI is InChI=1S/C21H23N3O/c1-14-6-5-7-18(9-14)13-25-20-12-17(4)22-21(24-20)23-19-10-15(2)8-16(3)11-19/h5-12H,13H2,1-4H3,(H,22,23,24). The van der Waals surface area contributed by atoms with Crippen LogP contribution in [0.3, 0.4) is 0 Å². The van der Waals surface area contributed by atoms with Crippen molar-refractivity contribution in [3.05, 3.63) is 76.5 Å². The Hall–Kier alpha value is -2.88. The number of nitrogens with one attached hydrogen (secondary N) is 1. The van der Waals surface area contributed by atoms with Crippen molar-refractivity contribution in [3.8, 4) is 5.88 Å². The van der Waals surface area contributed by atoms with Crippen molar-refractivity contribution in [3.63, 3.8) is 0 Å². The molecule has 0 saturated carbocycles. The SMILES string of the molecule is Cc1cccc(COc2cc(C)nc(Nc3cc(C)cc(C)c3)n2)c1. The first-order chi connectivity index (χ1) is 12.0. The molecule has 25 heavy (non-hydrogen) atoms. The maximum Gasteiger partial charge on any atom is 0.230 e. The van der Waals surface area contributed by atoms with Crippen LogP contribution < -0.4 is 10.1 Å². The summed E-state index contributed by atoms with van der Waals surface area (Å²) in [6.07, 6.45) is 0. The number of benzene rings is 2. The van der Waals surface area contributed by atoms with Gasteiger partial charge in [0.2, 0.25) is 11.8 Å². The predicted molar refractivity (Wildman–Crippen MR) is 101 cm³/mol. The van der Waals surface area contributed by atoms with Gasteiger partial charge in [-0.1, -0.05) is 35.9 Å². The molecule has 0 saturated heterocycles. The van der Waals surface area contributed by atoms with Crippen LogP contribution in [0.5, 0.6) is 5.88 Å². The molecule has 1 heterocycles. The molecular formula is C21H23N3O. The molecule has 0 atom stereocenters. The maximum atomic E-state index is 5.86. The molecule has 0 unspecified atom stereocenters. The third-order valence-corrected chi connectivity index (χ3v) is 3.78. The second kappa shape index (κ2) is 7.34. The van der Waals surface area contributed by atoms with E-state index in [0.29, 0.717) is 18.4 Å². The van der Waals surface area contributed by atoms with Gasteiger partial charge in [-0.2, -0.15) is 4.98 Å². The van der Waals surface area contributed by atoms with E-state index in [2.05, 4.69) is 72.5 Å². The summed E-state index contributed by atoms with van der Waals surface area (Å²) >= 11 is 0. The normalized spacial score (nSPS) is 10.6. The van der Waals surface area contributed by atoms with Gasteiger partial charge in [-0.15, -0.1) is 0 Å². The quantitative estimate of drug-likeness (QED) is 0.711. The summed E-state index contributed by atoms with van der Waals surface area (Å²) < 4.78 is 5.86.